The third-order valence-electron chi connectivity index (χ3n) is 4.60. The van der Waals surface area contributed by atoms with Crippen LogP contribution in [0.2, 0.25) is 0 Å². The predicted octanol–water partition coefficient (Wildman–Crippen LogP) is 2.91. The molecule has 0 saturated carbocycles. The monoisotopic (exact) mass is 317 g/mol. The van der Waals surface area contributed by atoms with Crippen LogP contribution in [0, 0.1) is 5.82 Å². The Morgan fingerprint density at radius 2 is 1.82 bits per heavy atom. The van der Waals surface area contributed by atoms with Crippen LogP contribution < -0.4 is 0 Å². The third-order valence-corrected chi connectivity index (χ3v) is 4.60. The van der Waals surface area contributed by atoms with Crippen molar-refractivity contribution in [1.29, 1.82) is 0 Å². The number of hydrogen-bond donors (Lipinski definition) is 0. The van der Waals surface area contributed by atoms with E-state index < -0.39 is 17.7 Å². The van der Waals surface area contributed by atoms with Crippen molar-refractivity contribution in [2.24, 2.45) is 0 Å². The van der Waals surface area contributed by atoms with Gasteiger partial charge in [-0.25, -0.2) is 9.37 Å². The van der Waals surface area contributed by atoms with E-state index in [1.165, 1.54) is 12.5 Å². The summed E-state index contributed by atoms with van der Waals surface area (Å²) in [6.45, 7) is 4.11. The highest BCUT2D eigenvalue weighted by atomic mass is 19.4. The number of piperidine rings is 1. The van der Waals surface area contributed by atoms with Gasteiger partial charge in [-0.1, -0.05) is 0 Å². The van der Waals surface area contributed by atoms with Crippen molar-refractivity contribution in [3.05, 3.63) is 29.3 Å². The Balaban J connectivity index is 1.62. The summed E-state index contributed by atoms with van der Waals surface area (Å²) in [5, 5.41) is 0. The molecule has 0 aromatic carbocycles. The van der Waals surface area contributed by atoms with Gasteiger partial charge in [0.05, 0.1) is 0 Å². The molecule has 22 heavy (non-hydrogen) atoms. The molecule has 0 amide bonds. The van der Waals surface area contributed by atoms with E-state index in [1.807, 2.05) is 4.90 Å². The Hall–Kier alpha value is -1.21. The molecule has 7 heteroatoms. The lowest BCUT2D eigenvalue weighted by molar-refractivity contribution is -0.143. The highest BCUT2D eigenvalue weighted by Crippen LogP contribution is 2.31. The average Bonchev–Trinajstić information content (AvgIpc) is 2.40. The molecule has 122 valence electrons. The van der Waals surface area contributed by atoms with Crippen LogP contribution in [-0.2, 0) is 12.7 Å². The zero-order valence-corrected chi connectivity index (χ0v) is 12.2. The predicted molar refractivity (Wildman–Crippen MR) is 73.7 cm³/mol. The van der Waals surface area contributed by atoms with Crippen LogP contribution in [0.25, 0.3) is 0 Å². The van der Waals surface area contributed by atoms with E-state index >= 15 is 0 Å². The maximum absolute atomic E-state index is 14.0. The fourth-order valence-corrected chi connectivity index (χ4v) is 3.19. The molecule has 0 bridgehead atoms. The Morgan fingerprint density at radius 1 is 1.14 bits per heavy atom. The first-order chi connectivity index (χ1) is 10.4. The highest BCUT2D eigenvalue weighted by Gasteiger charge is 2.37. The minimum Gasteiger partial charge on any atom is -0.300 e. The lowest BCUT2D eigenvalue weighted by Crippen LogP contribution is -2.50. The first-order valence-electron chi connectivity index (χ1n) is 7.62. The number of hydrogen-bond acceptors (Lipinski definition) is 3. The van der Waals surface area contributed by atoms with Gasteiger partial charge in [-0.2, -0.15) is 13.2 Å². The van der Waals surface area contributed by atoms with Crippen LogP contribution in [0.4, 0.5) is 17.6 Å². The van der Waals surface area contributed by atoms with Gasteiger partial charge in [0.25, 0.3) is 0 Å². The molecule has 3 heterocycles. The van der Waals surface area contributed by atoms with Crippen LogP contribution >= 0.6 is 0 Å². The molecule has 0 atom stereocenters. The van der Waals surface area contributed by atoms with Crippen molar-refractivity contribution in [2.75, 3.05) is 26.2 Å². The maximum atomic E-state index is 14.0. The molecular formula is C15H19F4N3. The van der Waals surface area contributed by atoms with Crippen molar-refractivity contribution >= 4 is 0 Å². The lowest BCUT2D eigenvalue weighted by Gasteiger charge is -2.43. The number of rotatable bonds is 3. The van der Waals surface area contributed by atoms with E-state index in [4.69, 9.17) is 0 Å². The third kappa shape index (κ3) is 3.25. The first kappa shape index (κ1) is 15.7. The van der Waals surface area contributed by atoms with Crippen molar-refractivity contribution in [3.63, 3.8) is 0 Å². The molecular weight excluding hydrogens is 298 g/mol. The van der Waals surface area contributed by atoms with Gasteiger partial charge >= 0.3 is 6.18 Å². The first-order valence-corrected chi connectivity index (χ1v) is 7.62. The van der Waals surface area contributed by atoms with Gasteiger partial charge in [0.2, 0.25) is 0 Å². The average molecular weight is 317 g/mol. The second-order valence-electron chi connectivity index (χ2n) is 6.03. The zero-order valence-electron chi connectivity index (χ0n) is 12.2. The number of alkyl halides is 3. The molecule has 0 N–H and O–H groups in total. The van der Waals surface area contributed by atoms with Crippen LogP contribution in [0.3, 0.4) is 0 Å². The van der Waals surface area contributed by atoms with Gasteiger partial charge in [-0.3, -0.25) is 4.90 Å². The Kier molecular flexibility index (Phi) is 4.36. The van der Waals surface area contributed by atoms with Crippen molar-refractivity contribution in [3.8, 4) is 0 Å². The molecule has 0 aliphatic carbocycles. The van der Waals surface area contributed by atoms with E-state index in [-0.39, 0.29) is 12.1 Å². The smallest absolute Gasteiger partial charge is 0.300 e. The second kappa shape index (κ2) is 6.12. The Bertz CT molecular complexity index is 520. The van der Waals surface area contributed by atoms with E-state index in [1.54, 1.807) is 0 Å². The van der Waals surface area contributed by atoms with Crippen LogP contribution in [-0.4, -0.2) is 47.0 Å². The summed E-state index contributed by atoms with van der Waals surface area (Å²) in [6, 6.07) is 1.92. The summed E-state index contributed by atoms with van der Waals surface area (Å²) >= 11 is 0. The summed E-state index contributed by atoms with van der Waals surface area (Å²) in [7, 11) is 0. The minimum absolute atomic E-state index is 0.0738. The molecule has 2 aliphatic rings. The summed E-state index contributed by atoms with van der Waals surface area (Å²) in [5.74, 6) is -1.24. The summed E-state index contributed by atoms with van der Waals surface area (Å²) in [4.78, 5) is 7.61. The van der Waals surface area contributed by atoms with E-state index in [0.717, 1.165) is 45.2 Å². The van der Waals surface area contributed by atoms with Crippen molar-refractivity contribution < 1.29 is 17.6 Å². The van der Waals surface area contributed by atoms with Crippen LogP contribution in [0.1, 0.15) is 30.5 Å². The van der Waals surface area contributed by atoms with Crippen LogP contribution in [0.5, 0.6) is 0 Å². The summed E-state index contributed by atoms with van der Waals surface area (Å²) in [6.07, 6.45) is -0.459. The van der Waals surface area contributed by atoms with Gasteiger partial charge in [0, 0.05) is 24.3 Å². The SMILES string of the molecule is Fc1c(CN2CCC(N3CCC3)CC2)ccnc1C(F)(F)F. The second-order valence-corrected chi connectivity index (χ2v) is 6.03. The topological polar surface area (TPSA) is 19.4 Å². The Labute approximate surface area is 126 Å². The minimum atomic E-state index is -4.75. The molecule has 1 aromatic rings. The molecule has 0 spiro atoms. The fraction of sp³-hybridized carbons (Fsp3) is 0.667. The zero-order chi connectivity index (χ0) is 15.7. The van der Waals surface area contributed by atoms with E-state index in [9.17, 15) is 17.6 Å². The van der Waals surface area contributed by atoms with Gasteiger partial charge < -0.3 is 4.90 Å². The number of pyridine rings is 1. The van der Waals surface area contributed by atoms with Gasteiger partial charge in [-0.05, 0) is 51.5 Å². The van der Waals surface area contributed by atoms with E-state index in [2.05, 4.69) is 9.88 Å². The molecule has 2 saturated heterocycles. The number of aromatic nitrogens is 1. The molecule has 0 radical (unpaired) electrons. The van der Waals surface area contributed by atoms with E-state index in [0.29, 0.717) is 6.04 Å². The molecule has 3 rings (SSSR count). The molecule has 1 aromatic heterocycles. The van der Waals surface area contributed by atoms with Gasteiger partial charge in [0.15, 0.2) is 11.5 Å². The highest BCUT2D eigenvalue weighted by molar-refractivity contribution is 5.21. The Morgan fingerprint density at radius 3 is 2.36 bits per heavy atom. The van der Waals surface area contributed by atoms with Gasteiger partial charge in [0.1, 0.15) is 0 Å². The van der Waals surface area contributed by atoms with Crippen molar-refractivity contribution in [1.82, 2.24) is 14.8 Å². The van der Waals surface area contributed by atoms with Crippen molar-refractivity contribution in [2.45, 2.75) is 38.0 Å². The standard InChI is InChI=1S/C15H19F4N3/c16-13-11(2-5-20-14(13)15(17,18)19)10-21-8-3-12(4-9-21)22-6-1-7-22/h2,5,12H,1,3-4,6-10H2. The maximum Gasteiger partial charge on any atom is 0.436 e. The molecule has 2 aliphatic heterocycles. The van der Waals surface area contributed by atoms with Crippen LogP contribution in [0.15, 0.2) is 12.3 Å². The largest absolute Gasteiger partial charge is 0.436 e. The molecule has 0 unspecified atom stereocenters. The number of nitrogens with zero attached hydrogens (tertiary/aromatic N) is 3. The number of halogens is 4. The van der Waals surface area contributed by atoms with Gasteiger partial charge in [-0.15, -0.1) is 0 Å². The lowest BCUT2D eigenvalue weighted by atomic mass is 9.99. The quantitative estimate of drug-likeness (QED) is 0.799. The molecule has 2 fully saturated rings. The summed E-state index contributed by atoms with van der Waals surface area (Å²) < 4.78 is 52.0. The molecule has 3 nitrogen and oxygen atoms in total. The number of likely N-dealkylation sites (tertiary alicyclic amines) is 2. The summed E-state index contributed by atoms with van der Waals surface area (Å²) in [5.41, 5.74) is -1.34. The fourth-order valence-electron chi connectivity index (χ4n) is 3.19. The normalized spacial score (nSPS) is 21.8.